The zero-order valence-electron chi connectivity index (χ0n) is 17.3. The number of hydrogen-bond acceptors (Lipinski definition) is 2. The molecule has 3 nitrogen and oxygen atoms in total. The van der Waals surface area contributed by atoms with Gasteiger partial charge in [0, 0.05) is 5.69 Å². The molecule has 3 aromatic rings. The summed E-state index contributed by atoms with van der Waals surface area (Å²) < 4.78 is 78.8. The molecule has 4 N–H and O–H groups in total. The molecular formula is C23H20ClF6N3S. The minimum Gasteiger partial charge on any atom is -0.354 e. The largest absolute Gasteiger partial charge is 0.416 e. The topological polar surface area (TPSA) is 50.1 Å². The molecule has 3 rings (SSSR count). The first-order valence-corrected chi connectivity index (χ1v) is 10.1. The van der Waals surface area contributed by atoms with Crippen molar-refractivity contribution in [3.63, 3.8) is 0 Å². The maximum Gasteiger partial charge on any atom is 0.416 e. The van der Waals surface area contributed by atoms with E-state index >= 15 is 0 Å². The van der Waals surface area contributed by atoms with Gasteiger partial charge in [-0.2, -0.15) is 26.3 Å². The molecule has 0 saturated carbocycles. The lowest BCUT2D eigenvalue weighted by molar-refractivity contribution is -0.143. The number of thiocarbonyl (C=S) groups is 1. The van der Waals surface area contributed by atoms with Crippen molar-refractivity contribution in [1.29, 1.82) is 0 Å². The molecule has 0 heterocycles. The monoisotopic (exact) mass is 519 g/mol. The maximum absolute atomic E-state index is 13.1. The van der Waals surface area contributed by atoms with Gasteiger partial charge < -0.3 is 16.4 Å². The number of hydrogen-bond donors (Lipinski definition) is 3. The molecule has 0 amide bonds. The predicted molar refractivity (Wildman–Crippen MR) is 126 cm³/mol. The number of halogens is 7. The minimum atomic E-state index is -4.96. The lowest BCUT2D eigenvalue weighted by Gasteiger charge is -2.27. The number of nitrogens with one attached hydrogen (secondary N) is 2. The summed E-state index contributed by atoms with van der Waals surface area (Å²) in [6.07, 6.45) is -9.93. The molecule has 2 atom stereocenters. The van der Waals surface area contributed by atoms with E-state index in [9.17, 15) is 26.3 Å². The van der Waals surface area contributed by atoms with Crippen LogP contribution in [0.2, 0.25) is 0 Å². The van der Waals surface area contributed by atoms with E-state index in [0.29, 0.717) is 12.1 Å². The van der Waals surface area contributed by atoms with Gasteiger partial charge in [0.25, 0.3) is 0 Å². The highest BCUT2D eigenvalue weighted by Gasteiger charge is 2.37. The van der Waals surface area contributed by atoms with Gasteiger partial charge in [-0.1, -0.05) is 60.7 Å². The van der Waals surface area contributed by atoms with Crippen LogP contribution in [-0.2, 0) is 12.4 Å². The van der Waals surface area contributed by atoms with Gasteiger partial charge in [0.15, 0.2) is 5.11 Å². The first-order valence-electron chi connectivity index (χ1n) is 9.67. The summed E-state index contributed by atoms with van der Waals surface area (Å²) in [7, 11) is 0. The van der Waals surface area contributed by atoms with Crippen molar-refractivity contribution in [1.82, 2.24) is 5.32 Å². The number of anilines is 1. The van der Waals surface area contributed by atoms with Crippen molar-refractivity contribution in [2.75, 3.05) is 5.32 Å². The minimum absolute atomic E-state index is 0. The first-order chi connectivity index (χ1) is 15.4. The van der Waals surface area contributed by atoms with E-state index in [0.717, 1.165) is 11.1 Å². The average molecular weight is 520 g/mol. The molecule has 0 aliphatic rings. The van der Waals surface area contributed by atoms with Crippen molar-refractivity contribution in [2.45, 2.75) is 24.4 Å². The van der Waals surface area contributed by atoms with Gasteiger partial charge in [0.2, 0.25) is 0 Å². The Morgan fingerprint density at radius 3 is 1.62 bits per heavy atom. The van der Waals surface area contributed by atoms with Gasteiger partial charge in [0.1, 0.15) is 0 Å². The van der Waals surface area contributed by atoms with Crippen LogP contribution in [0.25, 0.3) is 0 Å². The summed E-state index contributed by atoms with van der Waals surface area (Å²) in [4.78, 5) is 0. The van der Waals surface area contributed by atoms with Crippen LogP contribution in [0.1, 0.15) is 34.3 Å². The normalized spacial score (nSPS) is 13.4. The highest BCUT2D eigenvalue weighted by molar-refractivity contribution is 7.80. The van der Waals surface area contributed by atoms with Crippen LogP contribution in [0, 0.1) is 0 Å². The van der Waals surface area contributed by atoms with Crippen LogP contribution >= 0.6 is 24.6 Å². The first kappa shape index (κ1) is 27.4. The SMILES string of the molecule is Cl.N[C@H](c1ccccc1)[C@H](NC(=S)Nc1cc(C(F)(F)F)cc(C(F)(F)F)c1)c1ccccc1. The van der Waals surface area contributed by atoms with Crippen molar-refractivity contribution in [3.05, 3.63) is 101 Å². The third kappa shape index (κ3) is 7.09. The van der Waals surface area contributed by atoms with Gasteiger partial charge in [-0.05, 0) is 41.5 Å². The van der Waals surface area contributed by atoms with E-state index < -0.39 is 41.3 Å². The zero-order valence-corrected chi connectivity index (χ0v) is 19.0. The highest BCUT2D eigenvalue weighted by atomic mass is 35.5. The van der Waals surface area contributed by atoms with E-state index in [1.807, 2.05) is 6.07 Å². The van der Waals surface area contributed by atoms with E-state index in [4.69, 9.17) is 18.0 Å². The molecule has 0 saturated heterocycles. The summed E-state index contributed by atoms with van der Waals surface area (Å²) in [6.45, 7) is 0. The zero-order chi connectivity index (χ0) is 24.2. The third-order valence-corrected chi connectivity index (χ3v) is 5.05. The molecule has 11 heteroatoms. The fourth-order valence-corrected chi connectivity index (χ4v) is 3.49. The molecule has 0 aromatic heterocycles. The summed E-state index contributed by atoms with van der Waals surface area (Å²) >= 11 is 5.21. The van der Waals surface area contributed by atoms with E-state index in [1.54, 1.807) is 54.6 Å². The molecule has 0 aliphatic heterocycles. The second-order valence-corrected chi connectivity index (χ2v) is 7.63. The van der Waals surface area contributed by atoms with Crippen molar-refractivity contribution >= 4 is 35.4 Å². The quantitative estimate of drug-likeness (QED) is 0.254. The van der Waals surface area contributed by atoms with E-state index in [-0.39, 0.29) is 23.6 Å². The summed E-state index contributed by atoms with van der Waals surface area (Å²) in [5.74, 6) is 0. The molecule has 34 heavy (non-hydrogen) atoms. The molecule has 0 unspecified atom stereocenters. The summed E-state index contributed by atoms with van der Waals surface area (Å²) in [5.41, 5.74) is 4.59. The van der Waals surface area contributed by atoms with Gasteiger partial charge in [-0.25, -0.2) is 0 Å². The van der Waals surface area contributed by atoms with Gasteiger partial charge in [-0.15, -0.1) is 12.4 Å². The summed E-state index contributed by atoms with van der Waals surface area (Å²) in [5, 5.41) is 5.19. The Kier molecular flexibility index (Phi) is 8.93. The number of nitrogens with two attached hydrogens (primary N) is 1. The Balaban J connectivity index is 0.00000408. The number of benzene rings is 3. The predicted octanol–water partition coefficient (Wildman–Crippen LogP) is 6.87. The van der Waals surface area contributed by atoms with Crippen LogP contribution in [0.5, 0.6) is 0 Å². The Morgan fingerprint density at radius 2 is 1.18 bits per heavy atom. The highest BCUT2D eigenvalue weighted by Crippen LogP contribution is 2.37. The van der Waals surface area contributed by atoms with Crippen LogP contribution in [-0.4, -0.2) is 5.11 Å². The van der Waals surface area contributed by atoms with E-state index in [2.05, 4.69) is 10.6 Å². The Bertz CT molecular complexity index is 1060. The van der Waals surface area contributed by atoms with Crippen molar-refractivity contribution in [3.8, 4) is 0 Å². The fraction of sp³-hybridized carbons (Fsp3) is 0.174. The van der Waals surface area contributed by atoms with Crippen LogP contribution < -0.4 is 16.4 Å². The lowest BCUT2D eigenvalue weighted by Crippen LogP contribution is -2.38. The van der Waals surface area contributed by atoms with Crippen LogP contribution in [0.4, 0.5) is 32.0 Å². The van der Waals surface area contributed by atoms with Gasteiger partial charge >= 0.3 is 12.4 Å². The maximum atomic E-state index is 13.1. The second kappa shape index (κ2) is 11.1. The van der Waals surface area contributed by atoms with E-state index in [1.165, 1.54) is 0 Å². The van der Waals surface area contributed by atoms with Crippen molar-refractivity contribution < 1.29 is 26.3 Å². The average Bonchev–Trinajstić information content (AvgIpc) is 2.77. The Hall–Kier alpha value is -2.82. The smallest absolute Gasteiger partial charge is 0.354 e. The number of rotatable bonds is 5. The fourth-order valence-electron chi connectivity index (χ4n) is 3.24. The molecule has 0 radical (unpaired) electrons. The molecule has 0 aliphatic carbocycles. The number of alkyl halides is 6. The molecule has 0 spiro atoms. The molecule has 0 bridgehead atoms. The van der Waals surface area contributed by atoms with Gasteiger partial charge in [0.05, 0.1) is 23.2 Å². The molecular weight excluding hydrogens is 500 g/mol. The molecule has 0 fully saturated rings. The Labute approximate surface area is 203 Å². The molecule has 182 valence electrons. The molecule has 3 aromatic carbocycles. The Morgan fingerprint density at radius 1 is 0.735 bits per heavy atom. The lowest BCUT2D eigenvalue weighted by atomic mass is 9.94. The second-order valence-electron chi connectivity index (χ2n) is 7.22. The standard InChI is InChI=1S/C23H19F6N3S.ClH/c24-22(25,26)16-11-17(23(27,28)29)13-18(12-16)31-21(33)32-20(15-9-5-2-6-10-15)19(30)14-7-3-1-4-8-14;/h1-13,19-20H,30H2,(H2,31,32,33);1H/t19-,20-;/m1./s1. The third-order valence-electron chi connectivity index (χ3n) is 4.83. The van der Waals surface area contributed by atoms with Crippen molar-refractivity contribution in [2.24, 2.45) is 5.73 Å². The van der Waals surface area contributed by atoms with Gasteiger partial charge in [-0.3, -0.25) is 0 Å². The summed E-state index contributed by atoms with van der Waals surface area (Å²) in [6, 6.07) is 17.9. The van der Waals surface area contributed by atoms with Crippen LogP contribution in [0.15, 0.2) is 78.9 Å². The van der Waals surface area contributed by atoms with Crippen LogP contribution in [0.3, 0.4) is 0 Å².